The van der Waals surface area contributed by atoms with Crippen LogP contribution in [-0.2, 0) is 0 Å². The smallest absolute Gasteiger partial charge is 0.124 e. The molecule has 0 heterocycles. The minimum atomic E-state index is 0.181. The Bertz CT molecular complexity index is 744. The van der Waals surface area contributed by atoms with Gasteiger partial charge in [0.1, 0.15) is 11.5 Å². The van der Waals surface area contributed by atoms with Crippen LogP contribution in [0, 0.1) is 0 Å². The van der Waals surface area contributed by atoms with Crippen molar-refractivity contribution in [1.82, 2.24) is 10.0 Å². The lowest BCUT2D eigenvalue weighted by atomic mass is 10.2. The first-order valence-corrected chi connectivity index (χ1v) is 9.41. The molecule has 2 N–H and O–H groups in total. The maximum Gasteiger partial charge on any atom is 0.124 e. The number of phenolic OH excluding ortho intramolecular Hbond substituents is 2. The molecule has 0 bridgehead atoms. The molecule has 2 rings (SSSR count). The molecule has 0 aromatic heterocycles. The highest BCUT2D eigenvalue weighted by atomic mass is 79.9. The van der Waals surface area contributed by atoms with Crippen molar-refractivity contribution in [2.75, 3.05) is 27.2 Å². The number of nitrogens with zero attached hydrogens (tertiary/aromatic N) is 4. The Labute approximate surface area is 169 Å². The molecule has 8 heteroatoms. The predicted octanol–water partition coefficient (Wildman–Crippen LogP) is 3.85. The van der Waals surface area contributed by atoms with Crippen molar-refractivity contribution < 1.29 is 10.2 Å². The standard InChI is InChI=1S/C18H20Br2N4O2/c1-23(21-11-13-9-15(19)3-5-17(13)25)7-8-24(2)22-12-14-10-16(20)4-6-18(14)26/h3-6,9-12,25-26H,7-8H2,1-2H3/b21-11-,22-12-. The summed E-state index contributed by atoms with van der Waals surface area (Å²) in [6.07, 6.45) is 3.23. The van der Waals surface area contributed by atoms with Crippen molar-refractivity contribution in [3.05, 3.63) is 56.5 Å². The molecule has 0 aliphatic heterocycles. The number of hydrogen-bond donors (Lipinski definition) is 2. The van der Waals surface area contributed by atoms with Gasteiger partial charge in [-0.15, -0.1) is 0 Å². The molecule has 0 radical (unpaired) electrons. The number of likely N-dealkylation sites (N-methyl/N-ethyl adjacent to an activating group) is 2. The molecule has 138 valence electrons. The van der Waals surface area contributed by atoms with E-state index in [4.69, 9.17) is 0 Å². The fraction of sp³-hybridized carbons (Fsp3) is 0.222. The molecule has 0 atom stereocenters. The molecular weight excluding hydrogens is 464 g/mol. The summed E-state index contributed by atoms with van der Waals surface area (Å²) < 4.78 is 1.76. The lowest BCUT2D eigenvalue weighted by molar-refractivity contribution is 0.272. The summed E-state index contributed by atoms with van der Waals surface area (Å²) >= 11 is 6.74. The highest BCUT2D eigenvalue weighted by molar-refractivity contribution is 9.10. The molecule has 0 saturated carbocycles. The van der Waals surface area contributed by atoms with Crippen LogP contribution in [0.4, 0.5) is 0 Å². The van der Waals surface area contributed by atoms with Crippen LogP contribution in [0.1, 0.15) is 11.1 Å². The second-order valence-electron chi connectivity index (χ2n) is 5.66. The molecule has 0 aliphatic rings. The van der Waals surface area contributed by atoms with E-state index < -0.39 is 0 Å². The van der Waals surface area contributed by atoms with E-state index in [0.29, 0.717) is 24.2 Å². The van der Waals surface area contributed by atoms with Crippen LogP contribution in [-0.4, -0.2) is 59.8 Å². The van der Waals surface area contributed by atoms with Crippen LogP contribution in [0.25, 0.3) is 0 Å². The van der Waals surface area contributed by atoms with Gasteiger partial charge in [0.15, 0.2) is 0 Å². The van der Waals surface area contributed by atoms with Crippen LogP contribution in [0.2, 0.25) is 0 Å². The Morgan fingerprint density at radius 2 is 1.19 bits per heavy atom. The fourth-order valence-electron chi connectivity index (χ4n) is 1.98. The molecule has 0 unspecified atom stereocenters. The van der Waals surface area contributed by atoms with Crippen molar-refractivity contribution in [3.63, 3.8) is 0 Å². The molecule has 0 amide bonds. The number of halogens is 2. The summed E-state index contributed by atoms with van der Waals surface area (Å²) in [4.78, 5) is 0. The second kappa shape index (κ2) is 9.59. The molecule has 26 heavy (non-hydrogen) atoms. The van der Waals surface area contributed by atoms with E-state index in [1.54, 1.807) is 58.8 Å². The number of hydrazone groups is 2. The molecule has 0 aliphatic carbocycles. The number of aromatic hydroxyl groups is 2. The second-order valence-corrected chi connectivity index (χ2v) is 7.49. The summed E-state index contributed by atoms with van der Waals surface area (Å²) in [6.45, 7) is 1.28. The van der Waals surface area contributed by atoms with Gasteiger partial charge in [0.2, 0.25) is 0 Å². The number of benzene rings is 2. The van der Waals surface area contributed by atoms with Gasteiger partial charge in [0.05, 0.1) is 25.5 Å². The Morgan fingerprint density at radius 1 is 0.808 bits per heavy atom. The Balaban J connectivity index is 1.87. The normalized spacial score (nSPS) is 11.4. The molecule has 0 spiro atoms. The predicted molar refractivity (Wildman–Crippen MR) is 112 cm³/mol. The van der Waals surface area contributed by atoms with E-state index in [1.165, 1.54) is 0 Å². The van der Waals surface area contributed by atoms with Gasteiger partial charge in [-0.05, 0) is 36.4 Å². The highest BCUT2D eigenvalue weighted by Crippen LogP contribution is 2.21. The third-order valence-electron chi connectivity index (χ3n) is 3.51. The first kappa shape index (κ1) is 20.3. The van der Waals surface area contributed by atoms with Crippen LogP contribution < -0.4 is 0 Å². The van der Waals surface area contributed by atoms with Gasteiger partial charge in [-0.1, -0.05) is 31.9 Å². The number of hydrogen-bond acceptors (Lipinski definition) is 6. The zero-order valence-corrected chi connectivity index (χ0v) is 17.6. The monoisotopic (exact) mass is 482 g/mol. The zero-order valence-electron chi connectivity index (χ0n) is 14.5. The van der Waals surface area contributed by atoms with Gasteiger partial charge in [0, 0.05) is 34.2 Å². The first-order chi connectivity index (χ1) is 12.3. The third-order valence-corrected chi connectivity index (χ3v) is 4.50. The maximum atomic E-state index is 9.80. The summed E-state index contributed by atoms with van der Waals surface area (Å²) in [6, 6.07) is 10.4. The quantitative estimate of drug-likeness (QED) is 0.463. The van der Waals surface area contributed by atoms with E-state index in [0.717, 1.165) is 8.95 Å². The van der Waals surface area contributed by atoms with Crippen LogP contribution >= 0.6 is 31.9 Å². The molecule has 2 aromatic rings. The van der Waals surface area contributed by atoms with E-state index in [9.17, 15) is 10.2 Å². The minimum absolute atomic E-state index is 0.181. The van der Waals surface area contributed by atoms with Crippen LogP contribution in [0.5, 0.6) is 11.5 Å². The lowest BCUT2D eigenvalue weighted by Gasteiger charge is -2.17. The molecule has 0 fully saturated rings. The maximum absolute atomic E-state index is 9.80. The Kier molecular flexibility index (Phi) is 7.47. The van der Waals surface area contributed by atoms with Gasteiger partial charge in [-0.2, -0.15) is 10.2 Å². The summed E-state index contributed by atoms with van der Waals surface area (Å²) in [5.74, 6) is 0.363. The average Bonchev–Trinajstić information content (AvgIpc) is 2.61. The largest absolute Gasteiger partial charge is 0.507 e. The fourth-order valence-corrected chi connectivity index (χ4v) is 2.74. The van der Waals surface area contributed by atoms with Crippen molar-refractivity contribution in [2.45, 2.75) is 0 Å². The van der Waals surface area contributed by atoms with Crippen molar-refractivity contribution >= 4 is 44.3 Å². The van der Waals surface area contributed by atoms with Crippen molar-refractivity contribution in [1.29, 1.82) is 0 Å². The Morgan fingerprint density at radius 3 is 1.58 bits per heavy atom. The van der Waals surface area contributed by atoms with Crippen molar-refractivity contribution in [3.8, 4) is 11.5 Å². The molecule has 6 nitrogen and oxygen atoms in total. The summed E-state index contributed by atoms with van der Waals surface area (Å²) in [5, 5.41) is 31.8. The van der Waals surface area contributed by atoms with Crippen LogP contribution in [0.3, 0.4) is 0 Å². The van der Waals surface area contributed by atoms with Crippen LogP contribution in [0.15, 0.2) is 55.5 Å². The summed E-state index contributed by atoms with van der Waals surface area (Å²) in [5.41, 5.74) is 1.28. The van der Waals surface area contributed by atoms with E-state index >= 15 is 0 Å². The number of rotatable bonds is 7. The highest BCUT2D eigenvalue weighted by Gasteiger charge is 2.02. The van der Waals surface area contributed by atoms with Gasteiger partial charge < -0.3 is 10.2 Å². The minimum Gasteiger partial charge on any atom is -0.507 e. The van der Waals surface area contributed by atoms with E-state index in [2.05, 4.69) is 42.1 Å². The van der Waals surface area contributed by atoms with Gasteiger partial charge in [-0.3, -0.25) is 10.0 Å². The van der Waals surface area contributed by atoms with E-state index in [1.807, 2.05) is 14.1 Å². The number of phenols is 2. The summed E-state index contributed by atoms with van der Waals surface area (Å²) in [7, 11) is 3.70. The molecular formula is C18H20Br2N4O2. The molecule has 0 saturated heterocycles. The SMILES string of the molecule is CN(CCN(C)/N=C\c1cc(Br)ccc1O)/N=C\c1cc(Br)ccc1O. The lowest BCUT2D eigenvalue weighted by Crippen LogP contribution is -2.25. The topological polar surface area (TPSA) is 71.7 Å². The van der Waals surface area contributed by atoms with Gasteiger partial charge in [-0.25, -0.2) is 0 Å². The van der Waals surface area contributed by atoms with Crippen molar-refractivity contribution in [2.24, 2.45) is 10.2 Å². The first-order valence-electron chi connectivity index (χ1n) is 7.82. The Hall–Kier alpha value is -2.06. The van der Waals surface area contributed by atoms with Gasteiger partial charge >= 0.3 is 0 Å². The van der Waals surface area contributed by atoms with Gasteiger partial charge in [0.25, 0.3) is 0 Å². The zero-order chi connectivity index (χ0) is 19.1. The third kappa shape index (κ3) is 6.34. The van der Waals surface area contributed by atoms with E-state index in [-0.39, 0.29) is 11.5 Å². The average molecular weight is 484 g/mol. The molecule has 2 aromatic carbocycles.